The number of aliphatic carboxylic acids is 1. The van der Waals surface area contributed by atoms with E-state index >= 15 is 0 Å². The fourth-order valence-electron chi connectivity index (χ4n) is 2.57. The number of hydrogen-bond donors (Lipinski definition) is 2. The maximum absolute atomic E-state index is 14.5. The van der Waals surface area contributed by atoms with E-state index in [4.69, 9.17) is 5.11 Å². The van der Waals surface area contributed by atoms with Crippen molar-refractivity contribution in [3.8, 4) is 11.1 Å². The summed E-state index contributed by atoms with van der Waals surface area (Å²) in [7, 11) is 0. The van der Waals surface area contributed by atoms with E-state index < -0.39 is 24.3 Å². The van der Waals surface area contributed by atoms with E-state index in [1.54, 1.807) is 18.2 Å². The first-order valence-corrected chi connectivity index (χ1v) is 6.53. The zero-order valence-electron chi connectivity index (χ0n) is 11.3. The quantitative estimate of drug-likeness (QED) is 0.916. The van der Waals surface area contributed by atoms with Crippen molar-refractivity contribution >= 4 is 11.9 Å². The second kappa shape index (κ2) is 4.91. The van der Waals surface area contributed by atoms with Crippen LogP contribution in [0.25, 0.3) is 11.1 Å². The minimum atomic E-state index is -3.17. The number of fused-ring (bicyclic) bond motifs is 3. The van der Waals surface area contributed by atoms with Gasteiger partial charge in [0.2, 0.25) is 0 Å². The van der Waals surface area contributed by atoms with Gasteiger partial charge in [0.1, 0.15) is 6.54 Å². The molecule has 0 saturated carbocycles. The third-order valence-electron chi connectivity index (χ3n) is 3.58. The van der Waals surface area contributed by atoms with Gasteiger partial charge in [-0.3, -0.25) is 9.59 Å². The summed E-state index contributed by atoms with van der Waals surface area (Å²) in [5, 5.41) is 10.7. The third kappa shape index (κ3) is 2.13. The number of amides is 1. The average Bonchev–Trinajstić information content (AvgIpc) is 2.73. The Bertz CT molecular complexity index is 787. The van der Waals surface area contributed by atoms with Crippen molar-refractivity contribution in [1.82, 2.24) is 5.32 Å². The standard InChI is InChI=1S/C16H11F2NO3/c17-16(18)12-4-2-1-3-10(12)11-6-5-9(7-13(11)16)15(22)19-8-14(20)21/h1-7H,8H2,(H,19,22)(H,20,21). The number of hydrogen-bond acceptors (Lipinski definition) is 2. The van der Waals surface area contributed by atoms with Crippen LogP contribution in [-0.4, -0.2) is 23.5 Å². The van der Waals surface area contributed by atoms with Crippen molar-refractivity contribution in [2.45, 2.75) is 5.92 Å². The van der Waals surface area contributed by atoms with Gasteiger partial charge < -0.3 is 10.4 Å². The largest absolute Gasteiger partial charge is 0.480 e. The second-order valence-electron chi connectivity index (χ2n) is 4.96. The van der Waals surface area contributed by atoms with Gasteiger partial charge in [0.05, 0.1) is 0 Å². The van der Waals surface area contributed by atoms with Gasteiger partial charge in [-0.2, -0.15) is 8.78 Å². The SMILES string of the molecule is O=C(O)CNC(=O)c1ccc2c(c1)C(F)(F)c1ccccc1-2. The zero-order valence-corrected chi connectivity index (χ0v) is 11.3. The Morgan fingerprint density at radius 2 is 1.73 bits per heavy atom. The van der Waals surface area contributed by atoms with Crippen LogP contribution in [0.2, 0.25) is 0 Å². The molecular formula is C16H11F2NO3. The Hall–Kier alpha value is -2.76. The van der Waals surface area contributed by atoms with E-state index in [-0.39, 0.29) is 16.7 Å². The summed E-state index contributed by atoms with van der Waals surface area (Å²) in [5.41, 5.74) is 0.507. The summed E-state index contributed by atoms with van der Waals surface area (Å²) in [5.74, 6) is -5.07. The fourth-order valence-corrected chi connectivity index (χ4v) is 2.57. The fraction of sp³-hybridized carbons (Fsp3) is 0.125. The molecule has 2 N–H and O–H groups in total. The van der Waals surface area contributed by atoms with Crippen molar-refractivity contribution < 1.29 is 23.5 Å². The molecule has 0 aromatic heterocycles. The van der Waals surface area contributed by atoms with Gasteiger partial charge in [-0.15, -0.1) is 0 Å². The van der Waals surface area contributed by atoms with Crippen LogP contribution < -0.4 is 5.32 Å². The number of carboxylic acid groups (broad SMARTS) is 1. The van der Waals surface area contributed by atoms with Crippen LogP contribution >= 0.6 is 0 Å². The minimum Gasteiger partial charge on any atom is -0.480 e. The average molecular weight is 303 g/mol. The lowest BCUT2D eigenvalue weighted by Crippen LogP contribution is -2.29. The van der Waals surface area contributed by atoms with Crippen LogP contribution in [-0.2, 0) is 10.7 Å². The van der Waals surface area contributed by atoms with E-state index in [0.29, 0.717) is 11.1 Å². The second-order valence-corrected chi connectivity index (χ2v) is 4.96. The first-order valence-electron chi connectivity index (χ1n) is 6.53. The smallest absolute Gasteiger partial charge is 0.322 e. The van der Waals surface area contributed by atoms with Gasteiger partial charge in [0, 0.05) is 16.7 Å². The Labute approximate surface area is 124 Å². The van der Waals surface area contributed by atoms with Gasteiger partial charge in [0.15, 0.2) is 0 Å². The molecular weight excluding hydrogens is 292 g/mol. The molecule has 1 aliphatic rings. The topological polar surface area (TPSA) is 66.4 Å². The highest BCUT2D eigenvalue weighted by atomic mass is 19.3. The number of carbonyl (C=O) groups is 2. The molecule has 0 radical (unpaired) electrons. The molecule has 1 aliphatic carbocycles. The van der Waals surface area contributed by atoms with E-state index in [0.717, 1.165) is 6.07 Å². The van der Waals surface area contributed by atoms with Gasteiger partial charge in [-0.05, 0) is 23.3 Å². The van der Waals surface area contributed by atoms with E-state index in [2.05, 4.69) is 5.32 Å². The van der Waals surface area contributed by atoms with Crippen molar-refractivity contribution in [3.63, 3.8) is 0 Å². The molecule has 0 fully saturated rings. The maximum atomic E-state index is 14.5. The Balaban J connectivity index is 2.01. The first-order chi connectivity index (χ1) is 10.4. The first kappa shape index (κ1) is 14.2. The highest BCUT2D eigenvalue weighted by Crippen LogP contribution is 2.50. The molecule has 22 heavy (non-hydrogen) atoms. The summed E-state index contributed by atoms with van der Waals surface area (Å²) in [6, 6.07) is 10.2. The molecule has 3 rings (SSSR count). The van der Waals surface area contributed by atoms with Crippen LogP contribution in [0.3, 0.4) is 0 Å². The van der Waals surface area contributed by atoms with Crippen molar-refractivity contribution in [2.75, 3.05) is 6.54 Å². The molecule has 1 amide bonds. The molecule has 2 aromatic carbocycles. The highest BCUT2D eigenvalue weighted by Gasteiger charge is 2.44. The summed E-state index contributed by atoms with van der Waals surface area (Å²) in [6.45, 7) is -0.563. The summed E-state index contributed by atoms with van der Waals surface area (Å²) in [4.78, 5) is 22.3. The monoisotopic (exact) mass is 303 g/mol. The highest BCUT2D eigenvalue weighted by molar-refractivity contribution is 5.97. The van der Waals surface area contributed by atoms with Crippen LogP contribution in [0, 0.1) is 0 Å². The van der Waals surface area contributed by atoms with Crippen molar-refractivity contribution in [1.29, 1.82) is 0 Å². The normalized spacial score (nSPS) is 14.1. The summed E-state index contributed by atoms with van der Waals surface area (Å²) in [6.07, 6.45) is 0. The zero-order chi connectivity index (χ0) is 15.9. The summed E-state index contributed by atoms with van der Waals surface area (Å²) < 4.78 is 28.9. The predicted octanol–water partition coefficient (Wildman–Crippen LogP) is 2.62. The lowest BCUT2D eigenvalue weighted by Gasteiger charge is -2.13. The lowest BCUT2D eigenvalue weighted by molar-refractivity contribution is -0.135. The Morgan fingerprint density at radius 1 is 1.05 bits per heavy atom. The van der Waals surface area contributed by atoms with E-state index in [9.17, 15) is 18.4 Å². The molecule has 112 valence electrons. The molecule has 4 nitrogen and oxygen atoms in total. The van der Waals surface area contributed by atoms with Crippen LogP contribution in [0.1, 0.15) is 21.5 Å². The third-order valence-corrected chi connectivity index (χ3v) is 3.58. The van der Waals surface area contributed by atoms with Gasteiger partial charge in [-0.1, -0.05) is 30.3 Å². The Morgan fingerprint density at radius 3 is 2.45 bits per heavy atom. The number of alkyl halides is 2. The minimum absolute atomic E-state index is 0.00693. The molecule has 6 heteroatoms. The molecule has 2 aromatic rings. The van der Waals surface area contributed by atoms with Crippen LogP contribution in [0.5, 0.6) is 0 Å². The number of nitrogens with one attached hydrogen (secondary N) is 1. The number of carbonyl (C=O) groups excluding carboxylic acids is 1. The number of rotatable bonds is 3. The van der Waals surface area contributed by atoms with Crippen molar-refractivity contribution in [2.24, 2.45) is 0 Å². The number of halogens is 2. The molecule has 0 heterocycles. The number of carboxylic acids is 1. The molecule has 0 unspecified atom stereocenters. The van der Waals surface area contributed by atoms with Gasteiger partial charge >= 0.3 is 5.97 Å². The Kier molecular flexibility index (Phi) is 3.16. The van der Waals surface area contributed by atoms with Crippen LogP contribution in [0.15, 0.2) is 42.5 Å². The van der Waals surface area contributed by atoms with Gasteiger partial charge in [-0.25, -0.2) is 0 Å². The maximum Gasteiger partial charge on any atom is 0.322 e. The molecule has 0 saturated heterocycles. The van der Waals surface area contributed by atoms with E-state index in [1.165, 1.54) is 18.2 Å². The molecule has 0 bridgehead atoms. The predicted molar refractivity (Wildman–Crippen MR) is 74.8 cm³/mol. The molecule has 0 atom stereocenters. The van der Waals surface area contributed by atoms with Crippen LogP contribution in [0.4, 0.5) is 8.78 Å². The molecule has 0 aliphatic heterocycles. The lowest BCUT2D eigenvalue weighted by atomic mass is 10.0. The van der Waals surface area contributed by atoms with E-state index in [1.807, 2.05) is 0 Å². The van der Waals surface area contributed by atoms with Gasteiger partial charge in [0.25, 0.3) is 11.8 Å². The van der Waals surface area contributed by atoms with Crippen molar-refractivity contribution in [3.05, 3.63) is 59.2 Å². The molecule has 0 spiro atoms. The summed E-state index contributed by atoms with van der Waals surface area (Å²) >= 11 is 0. The number of benzene rings is 2.